The van der Waals surface area contributed by atoms with Crippen LogP contribution in [0.1, 0.15) is 16.7 Å². The first-order valence-corrected chi connectivity index (χ1v) is 5.88. The van der Waals surface area contributed by atoms with Gasteiger partial charge in [-0.15, -0.1) is 0 Å². The second-order valence-corrected chi connectivity index (χ2v) is 4.30. The van der Waals surface area contributed by atoms with Crippen LogP contribution in [0.4, 0.5) is 4.39 Å². The zero-order chi connectivity index (χ0) is 13.8. The molecule has 2 rings (SSSR count). The molecule has 0 atom stereocenters. The molecule has 0 unspecified atom stereocenters. The van der Waals surface area contributed by atoms with Crippen LogP contribution in [0.15, 0.2) is 42.5 Å². The van der Waals surface area contributed by atoms with E-state index in [9.17, 15) is 4.39 Å². The highest BCUT2D eigenvalue weighted by Crippen LogP contribution is 2.17. The Morgan fingerprint density at radius 2 is 2.05 bits per heavy atom. The largest absolute Gasteiger partial charge is 0.489 e. The molecule has 0 aliphatic rings. The Bertz CT molecular complexity index is 611. The van der Waals surface area contributed by atoms with Gasteiger partial charge in [0.05, 0.1) is 0 Å². The van der Waals surface area contributed by atoms with Crippen LogP contribution >= 0.6 is 0 Å². The fourth-order valence-corrected chi connectivity index (χ4v) is 1.74. The first-order chi connectivity index (χ1) is 9.06. The number of ether oxygens (including phenoxy) is 1. The maximum Gasteiger partial charge on any atom is 0.123 e. The Hall–Kier alpha value is -2.36. The van der Waals surface area contributed by atoms with E-state index in [1.165, 1.54) is 12.1 Å². The smallest absolute Gasteiger partial charge is 0.123 e. The summed E-state index contributed by atoms with van der Waals surface area (Å²) in [5.74, 6) is 0.389. The van der Waals surface area contributed by atoms with Gasteiger partial charge in [0.15, 0.2) is 0 Å². The molecule has 4 heteroatoms. The summed E-state index contributed by atoms with van der Waals surface area (Å²) < 4.78 is 18.6. The van der Waals surface area contributed by atoms with Crippen molar-refractivity contribution >= 4 is 5.84 Å². The van der Waals surface area contributed by atoms with Crippen molar-refractivity contribution in [3.8, 4) is 5.75 Å². The van der Waals surface area contributed by atoms with Crippen molar-refractivity contribution in [3.05, 3.63) is 65.0 Å². The molecule has 2 aromatic rings. The third-order valence-electron chi connectivity index (χ3n) is 2.84. The van der Waals surface area contributed by atoms with Crippen molar-refractivity contribution in [2.45, 2.75) is 13.5 Å². The molecule has 0 amide bonds. The molecular weight excluding hydrogens is 243 g/mol. The van der Waals surface area contributed by atoms with Crippen LogP contribution in [0.5, 0.6) is 5.75 Å². The van der Waals surface area contributed by atoms with Gasteiger partial charge in [-0.25, -0.2) is 4.39 Å². The summed E-state index contributed by atoms with van der Waals surface area (Å²) in [7, 11) is 0. The minimum atomic E-state index is -0.250. The molecule has 98 valence electrons. The van der Waals surface area contributed by atoms with E-state index in [1.807, 2.05) is 6.92 Å². The van der Waals surface area contributed by atoms with Crippen LogP contribution in [0, 0.1) is 18.2 Å². The highest BCUT2D eigenvalue weighted by molar-refractivity contribution is 5.95. The number of aryl methyl sites for hydroxylation is 1. The lowest BCUT2D eigenvalue weighted by Gasteiger charge is -2.09. The van der Waals surface area contributed by atoms with Gasteiger partial charge in [0.2, 0.25) is 0 Å². The Kier molecular flexibility index (Phi) is 3.80. The predicted octanol–water partition coefficient (Wildman–Crippen LogP) is 3.00. The summed E-state index contributed by atoms with van der Waals surface area (Å²) >= 11 is 0. The Morgan fingerprint density at radius 1 is 1.26 bits per heavy atom. The zero-order valence-electron chi connectivity index (χ0n) is 10.6. The minimum Gasteiger partial charge on any atom is -0.489 e. The third kappa shape index (κ3) is 3.31. The SMILES string of the molecule is Cc1cc(F)ccc1COc1cccc(C(=N)N)c1. The van der Waals surface area contributed by atoms with E-state index in [0.29, 0.717) is 17.9 Å². The van der Waals surface area contributed by atoms with Gasteiger partial charge in [-0.05, 0) is 42.3 Å². The number of benzene rings is 2. The maximum absolute atomic E-state index is 13.0. The average molecular weight is 258 g/mol. The number of amidine groups is 1. The van der Waals surface area contributed by atoms with E-state index in [0.717, 1.165) is 11.1 Å². The van der Waals surface area contributed by atoms with Gasteiger partial charge in [0.25, 0.3) is 0 Å². The zero-order valence-corrected chi connectivity index (χ0v) is 10.6. The minimum absolute atomic E-state index is 0.00316. The molecule has 0 aliphatic carbocycles. The Balaban J connectivity index is 2.10. The molecule has 0 fully saturated rings. The Morgan fingerprint density at radius 3 is 2.74 bits per heavy atom. The molecule has 19 heavy (non-hydrogen) atoms. The van der Waals surface area contributed by atoms with Gasteiger partial charge in [0, 0.05) is 5.56 Å². The maximum atomic E-state index is 13.0. The van der Waals surface area contributed by atoms with Gasteiger partial charge in [-0.1, -0.05) is 18.2 Å². The normalized spacial score (nSPS) is 10.2. The number of nitrogens with one attached hydrogen (secondary N) is 1. The van der Waals surface area contributed by atoms with Crippen molar-refractivity contribution < 1.29 is 9.13 Å². The van der Waals surface area contributed by atoms with Crippen molar-refractivity contribution in [2.75, 3.05) is 0 Å². The first kappa shape index (κ1) is 13.1. The third-order valence-corrected chi connectivity index (χ3v) is 2.84. The van der Waals surface area contributed by atoms with Crippen molar-refractivity contribution in [1.82, 2.24) is 0 Å². The van der Waals surface area contributed by atoms with Crippen molar-refractivity contribution in [3.63, 3.8) is 0 Å². The summed E-state index contributed by atoms with van der Waals surface area (Å²) in [4.78, 5) is 0. The van der Waals surface area contributed by atoms with E-state index in [4.69, 9.17) is 15.9 Å². The molecule has 0 saturated carbocycles. The summed E-state index contributed by atoms with van der Waals surface area (Å²) in [6.45, 7) is 2.20. The number of rotatable bonds is 4. The molecule has 0 aromatic heterocycles. The van der Waals surface area contributed by atoms with Gasteiger partial charge in [0.1, 0.15) is 24.0 Å². The lowest BCUT2D eigenvalue weighted by atomic mass is 10.1. The van der Waals surface area contributed by atoms with Gasteiger partial charge < -0.3 is 10.5 Å². The van der Waals surface area contributed by atoms with Gasteiger partial charge >= 0.3 is 0 Å². The fourth-order valence-electron chi connectivity index (χ4n) is 1.74. The molecule has 0 radical (unpaired) electrons. The molecule has 2 aromatic carbocycles. The lowest BCUT2D eigenvalue weighted by molar-refractivity contribution is 0.305. The van der Waals surface area contributed by atoms with Crippen molar-refractivity contribution in [1.29, 1.82) is 5.41 Å². The first-order valence-electron chi connectivity index (χ1n) is 5.88. The topological polar surface area (TPSA) is 59.1 Å². The molecule has 0 saturated heterocycles. The highest BCUT2D eigenvalue weighted by atomic mass is 19.1. The number of hydrogen-bond acceptors (Lipinski definition) is 2. The van der Waals surface area contributed by atoms with Gasteiger partial charge in [-0.2, -0.15) is 0 Å². The van der Waals surface area contributed by atoms with Crippen LogP contribution in [-0.4, -0.2) is 5.84 Å². The number of hydrogen-bond donors (Lipinski definition) is 2. The molecule has 0 spiro atoms. The van der Waals surface area contributed by atoms with Crippen LogP contribution in [0.25, 0.3) is 0 Å². The van der Waals surface area contributed by atoms with Crippen LogP contribution in [0.3, 0.4) is 0 Å². The highest BCUT2D eigenvalue weighted by Gasteiger charge is 2.03. The van der Waals surface area contributed by atoms with Crippen molar-refractivity contribution in [2.24, 2.45) is 5.73 Å². The Labute approximate surface area is 111 Å². The standard InChI is InChI=1S/C15H15FN2O/c1-10-7-13(16)6-5-12(10)9-19-14-4-2-3-11(8-14)15(17)18/h2-8H,9H2,1H3,(H3,17,18). The quantitative estimate of drug-likeness (QED) is 0.654. The lowest BCUT2D eigenvalue weighted by Crippen LogP contribution is -2.10. The second-order valence-electron chi connectivity index (χ2n) is 4.30. The molecular formula is C15H15FN2O. The monoisotopic (exact) mass is 258 g/mol. The summed E-state index contributed by atoms with van der Waals surface area (Å²) in [5, 5.41) is 7.37. The number of nitrogen functional groups attached to an aromatic ring is 1. The molecule has 3 N–H and O–H groups in total. The van der Waals surface area contributed by atoms with Crippen LogP contribution in [-0.2, 0) is 6.61 Å². The van der Waals surface area contributed by atoms with Crippen LogP contribution < -0.4 is 10.5 Å². The average Bonchev–Trinajstić information content (AvgIpc) is 2.38. The summed E-state index contributed by atoms with van der Waals surface area (Å²) in [5.41, 5.74) is 7.81. The molecule has 0 bridgehead atoms. The molecule has 0 aliphatic heterocycles. The van der Waals surface area contributed by atoms with Gasteiger partial charge in [-0.3, -0.25) is 5.41 Å². The van der Waals surface area contributed by atoms with E-state index in [1.54, 1.807) is 30.3 Å². The summed E-state index contributed by atoms with van der Waals surface area (Å²) in [6, 6.07) is 11.6. The summed E-state index contributed by atoms with van der Waals surface area (Å²) in [6.07, 6.45) is 0. The molecule has 3 nitrogen and oxygen atoms in total. The fraction of sp³-hybridized carbons (Fsp3) is 0.133. The van der Waals surface area contributed by atoms with E-state index in [-0.39, 0.29) is 11.7 Å². The van der Waals surface area contributed by atoms with E-state index < -0.39 is 0 Å². The number of halogens is 1. The van der Waals surface area contributed by atoms with E-state index >= 15 is 0 Å². The molecule has 0 heterocycles. The predicted molar refractivity (Wildman–Crippen MR) is 72.9 cm³/mol. The van der Waals surface area contributed by atoms with Crippen LogP contribution in [0.2, 0.25) is 0 Å². The second kappa shape index (κ2) is 5.52. The van der Waals surface area contributed by atoms with E-state index in [2.05, 4.69) is 0 Å². The number of nitrogens with two attached hydrogens (primary N) is 1.